The molecular weight excluding hydrogens is 305 g/mol. The summed E-state index contributed by atoms with van der Waals surface area (Å²) >= 11 is 0. The average molecular weight is 319 g/mol. The fraction of sp³-hybridized carbons (Fsp3) is 0.105. The van der Waals surface area contributed by atoms with E-state index in [-0.39, 0.29) is 11.7 Å². The van der Waals surface area contributed by atoms with Gasteiger partial charge in [-0.05, 0) is 42.3 Å². The number of aryl methyl sites for hydroxylation is 1. The number of rotatable bonds is 3. The van der Waals surface area contributed by atoms with Gasteiger partial charge in [-0.15, -0.1) is 0 Å². The van der Waals surface area contributed by atoms with Crippen molar-refractivity contribution in [2.75, 3.05) is 7.11 Å². The third-order valence-electron chi connectivity index (χ3n) is 3.70. The minimum absolute atomic E-state index is 0.222. The van der Waals surface area contributed by atoms with E-state index in [1.54, 1.807) is 24.4 Å². The van der Waals surface area contributed by atoms with Crippen LogP contribution in [0, 0.1) is 24.1 Å². The Balaban J connectivity index is 2.28. The summed E-state index contributed by atoms with van der Waals surface area (Å²) in [5, 5.41) is 9.50. The van der Waals surface area contributed by atoms with E-state index in [0.29, 0.717) is 28.1 Å². The molecule has 0 aliphatic carbocycles. The molecular formula is C19H14FN3O. The maximum absolute atomic E-state index is 13.2. The van der Waals surface area contributed by atoms with Gasteiger partial charge in [0.2, 0.25) is 5.88 Å². The largest absolute Gasteiger partial charge is 0.480 e. The Morgan fingerprint density at radius 3 is 2.54 bits per heavy atom. The summed E-state index contributed by atoms with van der Waals surface area (Å²) in [6, 6.07) is 13.6. The summed E-state index contributed by atoms with van der Waals surface area (Å²) in [7, 11) is 1.46. The zero-order chi connectivity index (χ0) is 17.1. The molecule has 2 heterocycles. The highest BCUT2D eigenvalue weighted by atomic mass is 19.1. The summed E-state index contributed by atoms with van der Waals surface area (Å²) in [6.07, 6.45) is 1.69. The number of aromatic nitrogens is 2. The Labute approximate surface area is 139 Å². The average Bonchev–Trinajstić information content (AvgIpc) is 2.61. The van der Waals surface area contributed by atoms with Gasteiger partial charge in [-0.25, -0.2) is 9.37 Å². The molecule has 1 aromatic carbocycles. The predicted octanol–water partition coefficient (Wildman–Crippen LogP) is 4.14. The second-order valence-corrected chi connectivity index (χ2v) is 5.23. The number of nitriles is 1. The lowest BCUT2D eigenvalue weighted by Gasteiger charge is -2.12. The topological polar surface area (TPSA) is 58.8 Å². The highest BCUT2D eigenvalue weighted by molar-refractivity contribution is 5.77. The van der Waals surface area contributed by atoms with E-state index in [4.69, 9.17) is 4.74 Å². The number of ether oxygens (including phenoxy) is 1. The second-order valence-electron chi connectivity index (χ2n) is 5.23. The number of benzene rings is 1. The molecule has 2 aromatic heterocycles. The monoisotopic (exact) mass is 319 g/mol. The first kappa shape index (κ1) is 15.6. The van der Waals surface area contributed by atoms with Gasteiger partial charge in [0.25, 0.3) is 0 Å². The zero-order valence-corrected chi connectivity index (χ0v) is 13.2. The molecule has 5 heteroatoms. The summed E-state index contributed by atoms with van der Waals surface area (Å²) in [4.78, 5) is 8.78. The van der Waals surface area contributed by atoms with Gasteiger partial charge in [-0.3, -0.25) is 4.98 Å². The molecule has 4 nitrogen and oxygen atoms in total. The standard InChI is InChI=1S/C19H14FN3O/c1-12-4-3-9-22-18(12)17-10-15(13-5-7-14(20)8-6-13)16(11-21)19(23-17)24-2/h3-10H,1-2H3. The van der Waals surface area contributed by atoms with E-state index < -0.39 is 0 Å². The zero-order valence-electron chi connectivity index (χ0n) is 13.2. The molecule has 24 heavy (non-hydrogen) atoms. The molecule has 0 N–H and O–H groups in total. The van der Waals surface area contributed by atoms with Crippen LogP contribution in [0.5, 0.6) is 5.88 Å². The van der Waals surface area contributed by atoms with Gasteiger partial charge in [0.1, 0.15) is 17.4 Å². The Morgan fingerprint density at radius 2 is 1.92 bits per heavy atom. The Hall–Kier alpha value is -3.26. The van der Waals surface area contributed by atoms with Crippen molar-refractivity contribution < 1.29 is 9.13 Å². The van der Waals surface area contributed by atoms with E-state index in [0.717, 1.165) is 5.56 Å². The molecule has 0 saturated carbocycles. The van der Waals surface area contributed by atoms with Gasteiger partial charge in [0.05, 0.1) is 18.5 Å². The van der Waals surface area contributed by atoms with Crippen LogP contribution in [0.15, 0.2) is 48.7 Å². The lowest BCUT2D eigenvalue weighted by molar-refractivity contribution is 0.397. The van der Waals surface area contributed by atoms with Crippen molar-refractivity contribution in [3.63, 3.8) is 0 Å². The van der Waals surface area contributed by atoms with Crippen LogP contribution >= 0.6 is 0 Å². The number of nitrogens with zero attached hydrogens (tertiary/aromatic N) is 3. The predicted molar refractivity (Wildman–Crippen MR) is 88.9 cm³/mol. The van der Waals surface area contributed by atoms with Crippen molar-refractivity contribution in [2.24, 2.45) is 0 Å². The van der Waals surface area contributed by atoms with Gasteiger partial charge < -0.3 is 4.74 Å². The van der Waals surface area contributed by atoms with Crippen LogP contribution in [-0.2, 0) is 0 Å². The normalized spacial score (nSPS) is 10.2. The van der Waals surface area contributed by atoms with E-state index in [1.165, 1.54) is 19.2 Å². The number of hydrogen-bond donors (Lipinski definition) is 0. The van der Waals surface area contributed by atoms with Crippen molar-refractivity contribution in [2.45, 2.75) is 6.92 Å². The third kappa shape index (κ3) is 2.82. The Morgan fingerprint density at radius 1 is 1.17 bits per heavy atom. The van der Waals surface area contributed by atoms with Crippen LogP contribution in [0.1, 0.15) is 11.1 Å². The molecule has 0 amide bonds. The van der Waals surface area contributed by atoms with Crippen LogP contribution in [0.25, 0.3) is 22.5 Å². The minimum Gasteiger partial charge on any atom is -0.480 e. The second kappa shape index (κ2) is 6.47. The lowest BCUT2D eigenvalue weighted by Crippen LogP contribution is -1.99. The smallest absolute Gasteiger partial charge is 0.232 e. The SMILES string of the molecule is COc1nc(-c2ncccc2C)cc(-c2ccc(F)cc2)c1C#N. The fourth-order valence-electron chi connectivity index (χ4n) is 2.51. The van der Waals surface area contributed by atoms with E-state index >= 15 is 0 Å². The van der Waals surface area contributed by atoms with Crippen molar-refractivity contribution in [3.8, 4) is 34.5 Å². The van der Waals surface area contributed by atoms with Crippen molar-refractivity contribution in [3.05, 3.63) is 65.6 Å². The molecule has 0 unspecified atom stereocenters. The first-order valence-corrected chi connectivity index (χ1v) is 7.31. The van der Waals surface area contributed by atoms with E-state index in [9.17, 15) is 9.65 Å². The number of halogens is 1. The van der Waals surface area contributed by atoms with E-state index in [2.05, 4.69) is 16.0 Å². The summed E-state index contributed by atoms with van der Waals surface area (Å²) in [6.45, 7) is 1.94. The molecule has 0 bridgehead atoms. The molecule has 0 spiro atoms. The maximum Gasteiger partial charge on any atom is 0.232 e. The quantitative estimate of drug-likeness (QED) is 0.728. The van der Waals surface area contributed by atoms with Crippen molar-refractivity contribution >= 4 is 0 Å². The molecule has 0 fully saturated rings. The highest BCUT2D eigenvalue weighted by Crippen LogP contribution is 2.33. The molecule has 0 aliphatic heterocycles. The van der Waals surface area contributed by atoms with Crippen LogP contribution < -0.4 is 4.74 Å². The molecule has 3 rings (SSSR count). The summed E-state index contributed by atoms with van der Waals surface area (Å²) in [5.41, 5.74) is 3.92. The summed E-state index contributed by atoms with van der Waals surface area (Å²) in [5.74, 6) is -0.113. The molecule has 3 aromatic rings. The van der Waals surface area contributed by atoms with Crippen LogP contribution in [0.3, 0.4) is 0 Å². The van der Waals surface area contributed by atoms with Crippen molar-refractivity contribution in [1.29, 1.82) is 5.26 Å². The Bertz CT molecular complexity index is 930. The first-order valence-electron chi connectivity index (χ1n) is 7.31. The molecule has 0 atom stereocenters. The van der Waals surface area contributed by atoms with Crippen LogP contribution in [0.2, 0.25) is 0 Å². The number of methoxy groups -OCH3 is 1. The molecule has 0 saturated heterocycles. The van der Waals surface area contributed by atoms with E-state index in [1.807, 2.05) is 19.1 Å². The van der Waals surface area contributed by atoms with Crippen molar-refractivity contribution in [1.82, 2.24) is 9.97 Å². The first-order chi connectivity index (χ1) is 11.6. The lowest BCUT2D eigenvalue weighted by atomic mass is 9.99. The number of hydrogen-bond acceptors (Lipinski definition) is 4. The van der Waals surface area contributed by atoms with Gasteiger partial charge in [0, 0.05) is 11.8 Å². The van der Waals surface area contributed by atoms with Crippen LogP contribution in [0.4, 0.5) is 4.39 Å². The third-order valence-corrected chi connectivity index (χ3v) is 3.70. The maximum atomic E-state index is 13.2. The minimum atomic E-state index is -0.334. The number of pyridine rings is 2. The van der Waals surface area contributed by atoms with Gasteiger partial charge in [-0.2, -0.15) is 5.26 Å². The Kier molecular flexibility index (Phi) is 4.21. The highest BCUT2D eigenvalue weighted by Gasteiger charge is 2.17. The molecule has 118 valence electrons. The van der Waals surface area contributed by atoms with Gasteiger partial charge >= 0.3 is 0 Å². The van der Waals surface area contributed by atoms with Crippen LogP contribution in [-0.4, -0.2) is 17.1 Å². The molecule has 0 radical (unpaired) electrons. The summed E-state index contributed by atoms with van der Waals surface area (Å²) < 4.78 is 18.5. The fourth-order valence-corrected chi connectivity index (χ4v) is 2.51. The van der Waals surface area contributed by atoms with Gasteiger partial charge in [-0.1, -0.05) is 18.2 Å². The van der Waals surface area contributed by atoms with Gasteiger partial charge in [0.15, 0.2) is 0 Å². The molecule has 0 aliphatic rings.